The molecular weight excluding hydrogens is 180 g/mol. The molecule has 0 atom stereocenters. The topological polar surface area (TPSA) is 80.9 Å². The van der Waals surface area contributed by atoms with Gasteiger partial charge in [-0.3, -0.25) is 9.11 Å². The minimum absolute atomic E-state index is 0.0208. The number of phenols is 1. The molecule has 0 heterocycles. The zero-order valence-corrected chi connectivity index (χ0v) is 7.03. The first-order valence-corrected chi connectivity index (χ1v) is 4.94. The highest BCUT2D eigenvalue weighted by atomic mass is 32.3. The van der Waals surface area contributed by atoms with Crippen molar-refractivity contribution >= 4 is 10.6 Å². The van der Waals surface area contributed by atoms with Gasteiger partial charge in [-0.2, -0.15) is 0 Å². The Bertz CT molecular complexity index is 274. The summed E-state index contributed by atoms with van der Waals surface area (Å²) in [4.78, 5) is -0.0208. The summed E-state index contributed by atoms with van der Waals surface area (Å²) >= 11 is 0. The van der Waals surface area contributed by atoms with Crippen LogP contribution in [0.15, 0.2) is 29.2 Å². The van der Waals surface area contributed by atoms with Gasteiger partial charge in [0.1, 0.15) is 16.6 Å². The van der Waals surface area contributed by atoms with Crippen LogP contribution in [0.1, 0.15) is 0 Å². The van der Waals surface area contributed by atoms with Crippen LogP contribution < -0.4 is 0 Å². The van der Waals surface area contributed by atoms with Gasteiger partial charge in [-0.25, -0.2) is 0 Å². The molecule has 1 aromatic carbocycles. The summed E-state index contributed by atoms with van der Waals surface area (Å²) in [5.41, 5.74) is 0. The number of hydrogen-bond acceptors (Lipinski definition) is 4. The summed E-state index contributed by atoms with van der Waals surface area (Å²) in [6, 6.07) is 5.81. The van der Waals surface area contributed by atoms with Crippen LogP contribution in [0.5, 0.6) is 5.75 Å². The van der Waals surface area contributed by atoms with Crippen molar-refractivity contribution in [2.75, 3.05) is 5.94 Å². The predicted molar refractivity (Wildman–Crippen MR) is 46.3 cm³/mol. The van der Waals surface area contributed by atoms with E-state index in [1.165, 1.54) is 12.1 Å². The fourth-order valence-electron chi connectivity index (χ4n) is 0.803. The molecule has 0 unspecified atom stereocenters. The molecule has 0 radical (unpaired) electrons. The molecule has 4 N–H and O–H groups in total. The van der Waals surface area contributed by atoms with Crippen LogP contribution in [0, 0.1) is 0 Å². The second kappa shape index (κ2) is 3.32. The largest absolute Gasteiger partial charge is 0.506 e. The molecule has 68 valence electrons. The standard InChI is InChI=1S/C7H10O4S/c8-5-12(10,11)7-4-2-1-3-6(7)9/h1-4,8-11H,5H2. The molecule has 0 bridgehead atoms. The molecule has 0 saturated heterocycles. The van der Waals surface area contributed by atoms with Gasteiger partial charge in [0, 0.05) is 0 Å². The van der Waals surface area contributed by atoms with Gasteiger partial charge in [0.2, 0.25) is 0 Å². The third-order valence-electron chi connectivity index (χ3n) is 1.40. The van der Waals surface area contributed by atoms with E-state index >= 15 is 0 Å². The molecule has 0 aliphatic carbocycles. The van der Waals surface area contributed by atoms with Crippen molar-refractivity contribution in [2.24, 2.45) is 0 Å². The van der Waals surface area contributed by atoms with Crippen molar-refractivity contribution in [1.29, 1.82) is 0 Å². The fourth-order valence-corrected chi connectivity index (χ4v) is 1.64. The molecule has 5 heteroatoms. The first kappa shape index (κ1) is 9.34. The smallest absolute Gasteiger partial charge is 0.138 e. The second-order valence-electron chi connectivity index (χ2n) is 2.26. The number of aliphatic hydroxyl groups excluding tert-OH is 1. The average molecular weight is 190 g/mol. The molecule has 0 aliphatic rings. The number of hydrogen-bond donors (Lipinski definition) is 4. The summed E-state index contributed by atoms with van der Waals surface area (Å²) in [5.74, 6) is -0.989. The highest BCUT2D eigenvalue weighted by Crippen LogP contribution is 2.50. The van der Waals surface area contributed by atoms with Crippen LogP contribution >= 0.6 is 10.6 Å². The predicted octanol–water partition coefficient (Wildman–Crippen LogP) is 1.45. The van der Waals surface area contributed by atoms with Gasteiger partial charge in [-0.1, -0.05) is 12.1 Å². The lowest BCUT2D eigenvalue weighted by atomic mass is 10.3. The van der Waals surface area contributed by atoms with Crippen LogP contribution in [0.25, 0.3) is 0 Å². The van der Waals surface area contributed by atoms with Crippen molar-refractivity contribution in [3.8, 4) is 5.75 Å². The van der Waals surface area contributed by atoms with Crippen LogP contribution in [0.3, 0.4) is 0 Å². The summed E-state index contributed by atoms with van der Waals surface area (Å²) in [6.07, 6.45) is 0. The van der Waals surface area contributed by atoms with Gasteiger partial charge in [0.25, 0.3) is 0 Å². The minimum Gasteiger partial charge on any atom is -0.506 e. The number of aromatic hydroxyl groups is 1. The molecular formula is C7H10O4S. The van der Waals surface area contributed by atoms with E-state index in [1.807, 2.05) is 0 Å². The summed E-state index contributed by atoms with van der Waals surface area (Å²) in [5, 5.41) is 17.8. The van der Waals surface area contributed by atoms with Crippen molar-refractivity contribution in [3.05, 3.63) is 24.3 Å². The zero-order chi connectivity index (χ0) is 9.19. The Morgan fingerprint density at radius 3 is 2.25 bits per heavy atom. The van der Waals surface area contributed by atoms with E-state index in [1.54, 1.807) is 12.1 Å². The minimum atomic E-state index is -3.22. The molecule has 0 aliphatic heterocycles. The van der Waals surface area contributed by atoms with Crippen molar-refractivity contribution in [2.45, 2.75) is 4.90 Å². The lowest BCUT2D eigenvalue weighted by Crippen LogP contribution is -2.02. The van der Waals surface area contributed by atoms with Crippen LogP contribution in [0.2, 0.25) is 0 Å². The van der Waals surface area contributed by atoms with E-state index in [4.69, 9.17) is 10.2 Å². The van der Waals surface area contributed by atoms with Crippen molar-refractivity contribution in [3.63, 3.8) is 0 Å². The van der Waals surface area contributed by atoms with Crippen LogP contribution in [-0.4, -0.2) is 25.3 Å². The Balaban J connectivity index is 3.10. The first-order valence-electron chi connectivity index (χ1n) is 3.23. The van der Waals surface area contributed by atoms with E-state index in [-0.39, 0.29) is 10.6 Å². The maximum Gasteiger partial charge on any atom is 0.138 e. The van der Waals surface area contributed by atoms with E-state index in [0.717, 1.165) is 0 Å². The Morgan fingerprint density at radius 2 is 1.75 bits per heavy atom. The van der Waals surface area contributed by atoms with Crippen LogP contribution in [0.4, 0.5) is 0 Å². The lowest BCUT2D eigenvalue weighted by Gasteiger charge is -2.29. The molecule has 12 heavy (non-hydrogen) atoms. The molecule has 1 aromatic rings. The quantitative estimate of drug-likeness (QED) is 0.569. The number of aliphatic hydroxyl groups is 1. The fraction of sp³-hybridized carbons (Fsp3) is 0.143. The van der Waals surface area contributed by atoms with Gasteiger partial charge in [0.15, 0.2) is 0 Å². The molecule has 0 amide bonds. The highest BCUT2D eigenvalue weighted by molar-refractivity contribution is 8.24. The Kier molecular flexibility index (Phi) is 2.58. The summed E-state index contributed by atoms with van der Waals surface area (Å²) in [7, 11) is -3.22. The van der Waals surface area contributed by atoms with Gasteiger partial charge in [0.05, 0.1) is 0 Å². The van der Waals surface area contributed by atoms with E-state index in [9.17, 15) is 9.11 Å². The van der Waals surface area contributed by atoms with Crippen molar-refractivity contribution < 1.29 is 19.3 Å². The molecule has 4 nitrogen and oxygen atoms in total. The van der Waals surface area contributed by atoms with Gasteiger partial charge < -0.3 is 10.2 Å². The average Bonchev–Trinajstić information content (AvgIpc) is 2.05. The first-order chi connectivity index (χ1) is 5.58. The zero-order valence-electron chi connectivity index (χ0n) is 6.21. The second-order valence-corrected chi connectivity index (χ2v) is 4.30. The number of para-hydroxylation sites is 1. The number of benzene rings is 1. The SMILES string of the molecule is OCS(O)(O)c1ccccc1O. The van der Waals surface area contributed by atoms with E-state index < -0.39 is 16.5 Å². The summed E-state index contributed by atoms with van der Waals surface area (Å²) in [6.45, 7) is 0. The monoisotopic (exact) mass is 190 g/mol. The normalized spacial score (nSPS) is 12.9. The molecule has 0 fully saturated rings. The molecule has 0 saturated carbocycles. The van der Waals surface area contributed by atoms with E-state index in [2.05, 4.69) is 0 Å². The maximum absolute atomic E-state index is 9.20. The number of rotatable bonds is 2. The third-order valence-corrected chi connectivity index (χ3v) is 2.81. The lowest BCUT2D eigenvalue weighted by molar-refractivity contribution is 0.331. The van der Waals surface area contributed by atoms with Crippen molar-refractivity contribution in [1.82, 2.24) is 0 Å². The molecule has 0 spiro atoms. The van der Waals surface area contributed by atoms with Gasteiger partial charge in [-0.15, -0.1) is 10.6 Å². The van der Waals surface area contributed by atoms with Crippen LogP contribution in [-0.2, 0) is 0 Å². The Labute approximate surface area is 71.5 Å². The van der Waals surface area contributed by atoms with E-state index in [0.29, 0.717) is 0 Å². The molecule has 0 aromatic heterocycles. The van der Waals surface area contributed by atoms with Gasteiger partial charge >= 0.3 is 0 Å². The summed E-state index contributed by atoms with van der Waals surface area (Å²) < 4.78 is 18.4. The third kappa shape index (κ3) is 1.70. The Morgan fingerprint density at radius 1 is 1.17 bits per heavy atom. The Hall–Kier alpha value is -0.750. The maximum atomic E-state index is 9.20. The van der Waals surface area contributed by atoms with Gasteiger partial charge in [-0.05, 0) is 12.1 Å². The highest BCUT2D eigenvalue weighted by Gasteiger charge is 2.17. The number of phenolic OH excluding ortho intramolecular Hbond substituents is 1. The molecule has 1 rings (SSSR count).